The van der Waals surface area contributed by atoms with Crippen molar-refractivity contribution < 1.29 is 9.66 Å². The minimum atomic E-state index is -0.421. The zero-order chi connectivity index (χ0) is 17.8. The van der Waals surface area contributed by atoms with E-state index in [0.717, 1.165) is 22.0 Å². The van der Waals surface area contributed by atoms with Gasteiger partial charge >= 0.3 is 0 Å². The van der Waals surface area contributed by atoms with E-state index in [1.807, 2.05) is 60.3 Å². The Morgan fingerprint density at radius 2 is 1.92 bits per heavy atom. The van der Waals surface area contributed by atoms with Gasteiger partial charge in [-0.1, -0.05) is 42.3 Å². The number of nitrogens with zero attached hydrogens (tertiary/aromatic N) is 2. The molecule has 0 N–H and O–H groups in total. The highest BCUT2D eigenvalue weighted by molar-refractivity contribution is 5.85. The number of rotatable bonds is 6. The van der Waals surface area contributed by atoms with Crippen LogP contribution in [0, 0.1) is 22.5 Å². The van der Waals surface area contributed by atoms with Crippen molar-refractivity contribution in [2.24, 2.45) is 7.05 Å². The number of aromatic nitrogens is 1. The lowest BCUT2D eigenvalue weighted by Gasteiger charge is -2.17. The largest absolute Gasteiger partial charge is 0.481 e. The summed E-state index contributed by atoms with van der Waals surface area (Å²) in [5, 5.41) is 12.4. The lowest BCUT2D eigenvalue weighted by molar-refractivity contribution is -0.481. The Kier molecular flexibility index (Phi) is 4.71. The van der Waals surface area contributed by atoms with Gasteiger partial charge in [-0.2, -0.15) is 0 Å². The summed E-state index contributed by atoms with van der Waals surface area (Å²) in [6.45, 7) is -0.0951. The molecule has 0 spiro atoms. The summed E-state index contributed by atoms with van der Waals surface area (Å²) in [7, 11) is 1.94. The summed E-state index contributed by atoms with van der Waals surface area (Å²) in [6, 6.07) is 15.2. The van der Waals surface area contributed by atoms with Crippen LogP contribution in [0.5, 0.6) is 5.75 Å². The SMILES string of the molecule is C#CCOc1ccccc1[C@@H](C[N+](=O)[O-])c1cn(C)c2ccccc12. The van der Waals surface area contributed by atoms with Crippen LogP contribution in [-0.4, -0.2) is 22.6 Å². The van der Waals surface area contributed by atoms with Crippen LogP contribution < -0.4 is 4.74 Å². The van der Waals surface area contributed by atoms with E-state index < -0.39 is 5.92 Å². The van der Waals surface area contributed by atoms with Gasteiger partial charge in [0, 0.05) is 34.6 Å². The van der Waals surface area contributed by atoms with Gasteiger partial charge in [0.15, 0.2) is 0 Å². The first-order valence-corrected chi connectivity index (χ1v) is 7.92. The number of terminal acetylenes is 1. The third kappa shape index (κ3) is 3.33. The molecule has 1 heterocycles. The van der Waals surface area contributed by atoms with E-state index in [4.69, 9.17) is 11.2 Å². The van der Waals surface area contributed by atoms with Crippen LogP contribution in [0.15, 0.2) is 54.7 Å². The highest BCUT2D eigenvalue weighted by Crippen LogP contribution is 2.36. The van der Waals surface area contributed by atoms with Crippen LogP contribution in [0.3, 0.4) is 0 Å². The highest BCUT2D eigenvalue weighted by Gasteiger charge is 2.26. The zero-order valence-corrected chi connectivity index (χ0v) is 13.9. The molecule has 0 unspecified atom stereocenters. The Morgan fingerprint density at radius 3 is 2.68 bits per heavy atom. The number of para-hydroxylation sites is 2. The van der Waals surface area contributed by atoms with Crippen LogP contribution in [0.2, 0.25) is 0 Å². The minimum Gasteiger partial charge on any atom is -0.481 e. The number of hydrogen-bond acceptors (Lipinski definition) is 3. The zero-order valence-electron chi connectivity index (χ0n) is 13.9. The molecule has 0 aliphatic carbocycles. The van der Waals surface area contributed by atoms with Gasteiger partial charge in [0.1, 0.15) is 12.4 Å². The van der Waals surface area contributed by atoms with Gasteiger partial charge in [-0.25, -0.2) is 0 Å². The maximum absolute atomic E-state index is 11.4. The number of nitro groups is 1. The van der Waals surface area contributed by atoms with E-state index >= 15 is 0 Å². The Hall–Kier alpha value is -3.26. The van der Waals surface area contributed by atoms with E-state index in [-0.39, 0.29) is 18.1 Å². The number of benzene rings is 2. The Morgan fingerprint density at radius 1 is 1.20 bits per heavy atom. The number of fused-ring (bicyclic) bond motifs is 1. The quantitative estimate of drug-likeness (QED) is 0.393. The fourth-order valence-electron chi connectivity index (χ4n) is 3.18. The third-order valence-electron chi connectivity index (χ3n) is 4.24. The van der Waals surface area contributed by atoms with Gasteiger partial charge in [0.2, 0.25) is 6.54 Å². The highest BCUT2D eigenvalue weighted by atomic mass is 16.6. The van der Waals surface area contributed by atoms with Gasteiger partial charge in [-0.3, -0.25) is 10.1 Å². The average molecular weight is 334 g/mol. The molecule has 0 amide bonds. The van der Waals surface area contributed by atoms with Crippen LogP contribution in [0.1, 0.15) is 17.0 Å². The molecule has 1 aromatic heterocycles. The molecule has 3 rings (SSSR count). The molecule has 3 aromatic rings. The summed E-state index contributed by atoms with van der Waals surface area (Å²) < 4.78 is 7.61. The van der Waals surface area contributed by atoms with Crippen molar-refractivity contribution in [1.82, 2.24) is 4.57 Å². The van der Waals surface area contributed by atoms with Gasteiger partial charge in [-0.15, -0.1) is 6.42 Å². The van der Waals surface area contributed by atoms with Crippen molar-refractivity contribution in [2.75, 3.05) is 13.2 Å². The van der Waals surface area contributed by atoms with Crippen molar-refractivity contribution in [2.45, 2.75) is 5.92 Å². The Balaban J connectivity index is 2.16. The van der Waals surface area contributed by atoms with Crippen molar-refractivity contribution in [3.63, 3.8) is 0 Å². The van der Waals surface area contributed by atoms with Crippen LogP contribution in [0.25, 0.3) is 10.9 Å². The Bertz CT molecular complexity index is 953. The van der Waals surface area contributed by atoms with E-state index in [1.54, 1.807) is 6.07 Å². The molecule has 0 saturated carbocycles. The molecule has 1 atom stereocenters. The van der Waals surface area contributed by atoms with Crippen LogP contribution in [0.4, 0.5) is 0 Å². The standard InChI is InChI=1S/C20H18N2O3/c1-3-12-25-20-11-7-5-9-16(20)18(14-22(23)24)17-13-21(2)19-10-6-4-8-15(17)19/h1,4-11,13,18H,12,14H2,2H3/t18-/m1/s1. The molecular weight excluding hydrogens is 316 g/mol. The van der Waals surface area contributed by atoms with Crippen molar-refractivity contribution in [1.29, 1.82) is 0 Å². The molecule has 0 aliphatic heterocycles. The predicted octanol–water partition coefficient (Wildman–Crippen LogP) is 3.60. The molecule has 5 nitrogen and oxygen atoms in total. The number of ether oxygens (including phenoxy) is 1. The first-order valence-electron chi connectivity index (χ1n) is 7.92. The predicted molar refractivity (Wildman–Crippen MR) is 97.4 cm³/mol. The van der Waals surface area contributed by atoms with Gasteiger partial charge in [0.05, 0.1) is 5.92 Å². The second-order valence-corrected chi connectivity index (χ2v) is 5.81. The maximum atomic E-state index is 11.4. The minimum absolute atomic E-state index is 0.123. The van der Waals surface area contributed by atoms with Gasteiger partial charge in [-0.05, 0) is 17.7 Å². The third-order valence-corrected chi connectivity index (χ3v) is 4.24. The monoisotopic (exact) mass is 334 g/mol. The summed E-state index contributed by atoms with van der Waals surface area (Å²) >= 11 is 0. The second-order valence-electron chi connectivity index (χ2n) is 5.81. The molecule has 0 fully saturated rings. The molecule has 0 saturated heterocycles. The number of hydrogen-bond donors (Lipinski definition) is 0. The molecule has 2 aromatic carbocycles. The first kappa shape index (κ1) is 16.6. The normalized spacial score (nSPS) is 11.8. The Labute approximate surface area is 146 Å². The number of aryl methyl sites for hydroxylation is 1. The van der Waals surface area contributed by atoms with Crippen molar-refractivity contribution >= 4 is 10.9 Å². The van der Waals surface area contributed by atoms with E-state index in [2.05, 4.69) is 5.92 Å². The van der Waals surface area contributed by atoms with Crippen molar-refractivity contribution in [3.8, 4) is 18.1 Å². The summed E-state index contributed by atoms with van der Waals surface area (Å²) in [4.78, 5) is 11.1. The lowest BCUT2D eigenvalue weighted by Crippen LogP contribution is -2.15. The fourth-order valence-corrected chi connectivity index (χ4v) is 3.18. The van der Waals surface area contributed by atoms with Gasteiger partial charge < -0.3 is 9.30 Å². The smallest absolute Gasteiger partial charge is 0.214 e. The summed E-state index contributed by atoms with van der Waals surface area (Å²) in [6.07, 6.45) is 7.24. The molecule has 0 bridgehead atoms. The van der Waals surface area contributed by atoms with E-state index in [0.29, 0.717) is 5.75 Å². The topological polar surface area (TPSA) is 57.3 Å². The second kappa shape index (κ2) is 7.10. The molecule has 0 aliphatic rings. The average Bonchev–Trinajstić information content (AvgIpc) is 2.95. The van der Waals surface area contributed by atoms with Gasteiger partial charge in [0.25, 0.3) is 0 Å². The summed E-state index contributed by atoms with van der Waals surface area (Å²) in [5.74, 6) is 2.60. The molecular formula is C20H18N2O3. The van der Waals surface area contributed by atoms with Crippen LogP contribution >= 0.6 is 0 Å². The lowest BCUT2D eigenvalue weighted by atomic mass is 9.90. The van der Waals surface area contributed by atoms with Crippen LogP contribution in [-0.2, 0) is 7.05 Å². The fraction of sp³-hybridized carbons (Fsp3) is 0.200. The molecule has 0 radical (unpaired) electrons. The van der Waals surface area contributed by atoms with E-state index in [9.17, 15) is 10.1 Å². The van der Waals surface area contributed by atoms with E-state index in [1.165, 1.54) is 0 Å². The maximum Gasteiger partial charge on any atom is 0.214 e. The summed E-state index contributed by atoms with van der Waals surface area (Å²) in [5.41, 5.74) is 2.71. The molecule has 25 heavy (non-hydrogen) atoms. The first-order chi connectivity index (χ1) is 12.1. The molecule has 126 valence electrons. The molecule has 5 heteroatoms. The van der Waals surface area contributed by atoms with Crippen molar-refractivity contribution in [3.05, 3.63) is 76.0 Å².